The Morgan fingerprint density at radius 2 is 0.740 bits per heavy atom. The van der Waals surface area contributed by atoms with Crippen molar-refractivity contribution in [1.82, 2.24) is 24.0 Å². The Balaban J connectivity index is 0.000000287. The average molecular weight is 1380 g/mol. The van der Waals surface area contributed by atoms with Gasteiger partial charge in [0.2, 0.25) is 0 Å². The number of nitrogens with one attached hydrogen (secondary N) is 2. The lowest BCUT2D eigenvalue weighted by Gasteiger charge is -2.37. The zero-order valence-electron chi connectivity index (χ0n) is 57.9. The second-order valence-corrected chi connectivity index (χ2v) is 22.8. The first-order valence-electron chi connectivity index (χ1n) is 32.9. The van der Waals surface area contributed by atoms with Gasteiger partial charge in [0.1, 0.15) is 53.4 Å². The second-order valence-electron chi connectivity index (χ2n) is 22.8. The van der Waals surface area contributed by atoms with E-state index in [0.29, 0.717) is 29.4 Å². The lowest BCUT2D eigenvalue weighted by molar-refractivity contribution is -0.150. The van der Waals surface area contributed by atoms with Crippen LogP contribution in [0, 0.1) is 11.8 Å². The van der Waals surface area contributed by atoms with E-state index in [0.717, 1.165) is 33.4 Å². The van der Waals surface area contributed by atoms with Gasteiger partial charge in [0.15, 0.2) is 0 Å². The summed E-state index contributed by atoms with van der Waals surface area (Å²) in [6.45, 7) is 11.5. The molecule has 24 heteroatoms. The fourth-order valence-electron chi connectivity index (χ4n) is 10.5. The minimum absolute atomic E-state index is 0.00608. The van der Waals surface area contributed by atoms with Crippen molar-refractivity contribution in [2.24, 2.45) is 11.8 Å². The first kappa shape index (κ1) is 78.8. The first-order valence-corrected chi connectivity index (χ1v) is 32.9. The molecule has 534 valence electrons. The molecule has 8 rings (SSSR count). The molecule has 24 nitrogen and oxygen atoms in total. The predicted molar refractivity (Wildman–Crippen MR) is 375 cm³/mol. The third-order valence-corrected chi connectivity index (χ3v) is 16.2. The first-order chi connectivity index (χ1) is 48.4. The van der Waals surface area contributed by atoms with E-state index < -0.39 is 63.4 Å². The van der Waals surface area contributed by atoms with Crippen molar-refractivity contribution < 1.29 is 71.7 Å². The Morgan fingerprint density at radius 1 is 0.420 bits per heavy atom. The number of aromatic nitrogens is 4. The highest BCUT2D eigenvalue weighted by Gasteiger charge is 2.40. The smallest absolute Gasteiger partial charge is 0.330 e. The molecule has 2 aromatic heterocycles. The molecule has 0 unspecified atom stereocenters. The molecule has 0 spiro atoms. The third-order valence-electron chi connectivity index (χ3n) is 16.2. The van der Waals surface area contributed by atoms with Gasteiger partial charge in [-0.25, -0.2) is 9.59 Å². The molecule has 2 atom stereocenters. The van der Waals surface area contributed by atoms with Crippen LogP contribution in [0.4, 0.5) is 0 Å². The zero-order chi connectivity index (χ0) is 72.3. The molecule has 8 aromatic rings. The molecule has 2 heterocycles. The number of aromatic amines is 2. The molecule has 100 heavy (non-hydrogen) atoms. The summed E-state index contributed by atoms with van der Waals surface area (Å²) in [5, 5.41) is 8.95. The normalized spacial score (nSPS) is 11.8. The molecule has 0 fully saturated rings. The van der Waals surface area contributed by atoms with Crippen LogP contribution in [0.5, 0.6) is 23.0 Å². The maximum atomic E-state index is 12.6. The molecule has 0 aliphatic rings. The summed E-state index contributed by atoms with van der Waals surface area (Å²) in [6, 6.07) is 52.0. The zero-order valence-corrected chi connectivity index (χ0v) is 57.9. The number of carbonyl (C=O) groups is 4. The minimum atomic E-state index is -1.15. The number of benzene rings is 6. The summed E-state index contributed by atoms with van der Waals surface area (Å²) in [5.41, 5.74) is 0.344. The number of hydrogen-bond donors (Lipinski definition) is 3. The number of H-pyrrole nitrogens is 2. The topological polar surface area (TPSA) is 294 Å². The standard InChI is InChI=1S/C36H40N2O9.C34H36N2O10.C6H15N/c1-4-30(39)14-19-34(41)46-23-26(22-45-25-38-21-20-33(40)37-35(38)42)24-47-36(27-8-6-5-7-9-27,28-10-15-31(43-2)16-11-28)29-12-17-32(44-3)18-13-29;1-42-28-12-8-26(9-13-28)34(25-6-4-3-5-7-25,27-10-14-29(43-2)15-11-27)46-22-24(21-45-32(40)17-16-31(38)39)20-44-23-36-19-18-30(37)35-33(36)41;1-4-7(5-2)6-3/h5-13,15-18,20-21,26H,4,14,19,22-25H2,1-3H3,(H,37,40,42);3-15,18-19,24H,16-17,20-23H2,1-2H3,(H,38,39)(H,35,37,41);4-6H2,1-3H3/t26-;24-;/m00./s1. The molecule has 0 aliphatic carbocycles. The van der Waals surface area contributed by atoms with Crippen LogP contribution in [0.3, 0.4) is 0 Å². The Bertz CT molecular complexity index is 3910. The lowest BCUT2D eigenvalue weighted by atomic mass is 9.80. The molecule has 6 aromatic carbocycles. The van der Waals surface area contributed by atoms with E-state index in [2.05, 4.69) is 35.6 Å². The number of esters is 2. The van der Waals surface area contributed by atoms with Crippen molar-refractivity contribution in [3.8, 4) is 23.0 Å². The van der Waals surface area contributed by atoms with Crippen LogP contribution in [0.2, 0.25) is 0 Å². The molecule has 0 aliphatic heterocycles. The number of methoxy groups -OCH3 is 4. The highest BCUT2D eigenvalue weighted by atomic mass is 16.6. The number of ether oxygens (including phenoxy) is 10. The molecule has 0 bridgehead atoms. The van der Waals surface area contributed by atoms with Gasteiger partial charge in [0.25, 0.3) is 11.1 Å². The van der Waals surface area contributed by atoms with Crippen LogP contribution >= 0.6 is 0 Å². The molecule has 3 N–H and O–H groups in total. The van der Waals surface area contributed by atoms with Crippen molar-refractivity contribution >= 4 is 23.7 Å². The molecule has 0 amide bonds. The van der Waals surface area contributed by atoms with Crippen molar-refractivity contribution in [1.29, 1.82) is 0 Å². The Morgan fingerprint density at radius 3 is 1.02 bits per heavy atom. The van der Waals surface area contributed by atoms with Crippen LogP contribution in [0.25, 0.3) is 0 Å². The summed E-state index contributed by atoms with van der Waals surface area (Å²) in [7, 11) is 6.38. The van der Waals surface area contributed by atoms with Crippen molar-refractivity contribution in [3.05, 3.63) is 257 Å². The van der Waals surface area contributed by atoms with Crippen molar-refractivity contribution in [2.75, 3.05) is 87.7 Å². The number of ketones is 1. The van der Waals surface area contributed by atoms with Crippen LogP contribution in [-0.2, 0) is 72.3 Å². The highest BCUT2D eigenvalue weighted by Crippen LogP contribution is 2.44. The van der Waals surface area contributed by atoms with Gasteiger partial charge >= 0.3 is 29.3 Å². The Hall–Kier alpha value is -10.2. The van der Waals surface area contributed by atoms with E-state index in [1.807, 2.05) is 158 Å². The molecule has 0 radical (unpaired) electrons. The summed E-state index contributed by atoms with van der Waals surface area (Å²) in [5.74, 6) is -0.662. The summed E-state index contributed by atoms with van der Waals surface area (Å²) < 4.78 is 60.6. The van der Waals surface area contributed by atoms with Gasteiger partial charge in [-0.15, -0.1) is 0 Å². The van der Waals surface area contributed by atoms with E-state index >= 15 is 0 Å². The number of carboxylic acids is 1. The molecular weight excluding hydrogens is 1290 g/mol. The van der Waals surface area contributed by atoms with Gasteiger partial charge in [-0.05, 0) is 102 Å². The van der Waals surface area contributed by atoms with Crippen molar-refractivity contribution in [3.63, 3.8) is 0 Å². The average Bonchev–Trinajstić information content (AvgIpc) is 0.762. The molecular formula is C76H91N5O19. The van der Waals surface area contributed by atoms with Gasteiger partial charge in [-0.3, -0.25) is 47.9 Å². The number of carbonyl (C=O) groups excluding carboxylic acids is 3. The second kappa shape index (κ2) is 41.2. The van der Waals surface area contributed by atoms with E-state index in [-0.39, 0.29) is 84.6 Å². The number of rotatable bonds is 38. The summed E-state index contributed by atoms with van der Waals surface area (Å²) in [4.78, 5) is 102. The minimum Gasteiger partial charge on any atom is -0.497 e. The highest BCUT2D eigenvalue weighted by molar-refractivity contribution is 5.82. The maximum absolute atomic E-state index is 12.6. The largest absolute Gasteiger partial charge is 0.497 e. The van der Waals surface area contributed by atoms with Gasteiger partial charge in [-0.1, -0.05) is 137 Å². The monoisotopic (exact) mass is 1380 g/mol. The van der Waals surface area contributed by atoms with Crippen LogP contribution < -0.4 is 41.4 Å². The Labute approximate surface area is 581 Å². The number of hydrogen-bond acceptors (Lipinski definition) is 19. The fourth-order valence-corrected chi connectivity index (χ4v) is 10.5. The SMILES string of the molecule is CCC(=O)CCC(=O)OC[C@H](COCn1ccc(=O)[nH]c1=O)COC(c1ccccc1)(c1ccc(OC)cc1)c1ccc(OC)cc1.CCN(CC)CC.COc1ccc(C(OC[C@@H](COCn2ccc(=O)[nH]c2=O)COC(=O)CCC(=O)O)(c2ccccc2)c2ccc(OC)cc2)cc1. The van der Waals surface area contributed by atoms with Crippen molar-refractivity contribution in [2.45, 2.75) is 84.5 Å². The van der Waals surface area contributed by atoms with E-state index in [9.17, 15) is 38.4 Å². The van der Waals surface area contributed by atoms with Crippen LogP contribution in [0.1, 0.15) is 93.2 Å². The quantitative estimate of drug-likeness (QED) is 0.0240. The van der Waals surface area contributed by atoms with E-state index in [1.54, 1.807) is 35.4 Å². The molecule has 0 saturated heterocycles. The third kappa shape index (κ3) is 23.5. The number of nitrogens with zero attached hydrogens (tertiary/aromatic N) is 3. The van der Waals surface area contributed by atoms with Crippen LogP contribution in [0.15, 0.2) is 201 Å². The van der Waals surface area contributed by atoms with E-state index in [4.69, 9.17) is 52.5 Å². The van der Waals surface area contributed by atoms with Gasteiger partial charge < -0.3 is 57.4 Å². The van der Waals surface area contributed by atoms with Gasteiger partial charge in [0.05, 0.1) is 87.3 Å². The maximum Gasteiger partial charge on any atom is 0.330 e. The van der Waals surface area contributed by atoms with Gasteiger partial charge in [-0.2, -0.15) is 0 Å². The predicted octanol–water partition coefficient (Wildman–Crippen LogP) is 9.36. The number of aliphatic carboxylic acids is 1. The number of carboxylic acid groups (broad SMARTS) is 1. The lowest BCUT2D eigenvalue weighted by Crippen LogP contribution is -2.37. The summed E-state index contributed by atoms with van der Waals surface area (Å²) in [6.07, 6.45) is 2.42. The Kier molecular flexibility index (Phi) is 32.5. The molecule has 0 saturated carbocycles. The van der Waals surface area contributed by atoms with E-state index in [1.165, 1.54) is 53.3 Å². The van der Waals surface area contributed by atoms with Crippen LogP contribution in [-0.4, -0.2) is 141 Å². The van der Waals surface area contributed by atoms with Gasteiger partial charge in [0, 0.05) is 49.2 Å². The summed E-state index contributed by atoms with van der Waals surface area (Å²) >= 11 is 0. The number of Topliss-reactive ketones (excluding diaryl/α,β-unsaturated/α-hetero) is 1. The fraction of sp³-hybridized carbons (Fsp3) is 0.368.